The van der Waals surface area contributed by atoms with Crippen molar-refractivity contribution in [1.82, 2.24) is 5.32 Å². The summed E-state index contributed by atoms with van der Waals surface area (Å²) in [6.07, 6.45) is -5.60. The second-order valence-corrected chi connectivity index (χ2v) is 7.14. The zero-order valence-corrected chi connectivity index (χ0v) is 12.9. The van der Waals surface area contributed by atoms with Crippen LogP contribution in [0.1, 0.15) is 18.5 Å². The maximum atomic E-state index is 13.4. The molecule has 1 unspecified atom stereocenters. The standard InChI is InChI=1S/C9H8Br2F5NS/c1-2-17-6(8(12,13)9(14,15)16)4-3-5(10)18-7(4)11/h3,6,17H,2H2,1H3. The maximum Gasteiger partial charge on any atom is 0.455 e. The van der Waals surface area contributed by atoms with E-state index in [1.165, 1.54) is 13.0 Å². The van der Waals surface area contributed by atoms with Crippen molar-refractivity contribution in [3.8, 4) is 0 Å². The van der Waals surface area contributed by atoms with Crippen molar-refractivity contribution in [3.05, 3.63) is 19.2 Å². The Morgan fingerprint density at radius 3 is 2.17 bits per heavy atom. The fourth-order valence-electron chi connectivity index (χ4n) is 1.35. The molecule has 0 saturated carbocycles. The minimum Gasteiger partial charge on any atom is -0.305 e. The van der Waals surface area contributed by atoms with Crippen molar-refractivity contribution in [2.45, 2.75) is 25.1 Å². The van der Waals surface area contributed by atoms with E-state index in [-0.39, 0.29) is 15.9 Å². The summed E-state index contributed by atoms with van der Waals surface area (Å²) in [6.45, 7) is 1.46. The second-order valence-electron chi connectivity index (χ2n) is 3.39. The van der Waals surface area contributed by atoms with E-state index in [1.54, 1.807) is 0 Å². The van der Waals surface area contributed by atoms with Gasteiger partial charge in [-0.15, -0.1) is 11.3 Å². The van der Waals surface area contributed by atoms with Crippen molar-refractivity contribution in [2.75, 3.05) is 6.54 Å². The van der Waals surface area contributed by atoms with Gasteiger partial charge in [0.1, 0.15) is 6.04 Å². The Bertz CT molecular complexity index is 418. The van der Waals surface area contributed by atoms with Gasteiger partial charge in [0.15, 0.2) is 0 Å². The number of nitrogens with one attached hydrogen (secondary N) is 1. The molecule has 1 atom stereocenters. The van der Waals surface area contributed by atoms with E-state index in [9.17, 15) is 22.0 Å². The number of halogens is 7. The third-order valence-corrected chi connectivity index (χ3v) is 4.53. The second kappa shape index (κ2) is 5.72. The highest BCUT2D eigenvalue weighted by Crippen LogP contribution is 2.48. The number of rotatable bonds is 4. The SMILES string of the molecule is CCNC(c1cc(Br)sc1Br)C(F)(F)C(F)(F)F. The lowest BCUT2D eigenvalue weighted by molar-refractivity contribution is -0.294. The number of alkyl halides is 5. The molecule has 0 radical (unpaired) electrons. The van der Waals surface area contributed by atoms with Gasteiger partial charge >= 0.3 is 12.1 Å². The number of thiophene rings is 1. The number of hydrogen-bond acceptors (Lipinski definition) is 2. The molecular weight excluding hydrogens is 409 g/mol. The molecule has 0 spiro atoms. The topological polar surface area (TPSA) is 12.0 Å². The molecule has 1 rings (SSSR count). The predicted octanol–water partition coefficient (Wildman–Crippen LogP) is 5.12. The first-order chi connectivity index (χ1) is 8.11. The van der Waals surface area contributed by atoms with E-state index in [0.29, 0.717) is 3.79 Å². The number of hydrogen-bond donors (Lipinski definition) is 1. The summed E-state index contributed by atoms with van der Waals surface area (Å²) >= 11 is 7.09. The van der Waals surface area contributed by atoms with Crippen LogP contribution in [0.25, 0.3) is 0 Å². The largest absolute Gasteiger partial charge is 0.455 e. The molecule has 0 bridgehead atoms. The van der Waals surface area contributed by atoms with Crippen LogP contribution >= 0.6 is 43.2 Å². The quantitative estimate of drug-likeness (QED) is 0.671. The molecule has 0 aliphatic carbocycles. The molecule has 1 heterocycles. The summed E-state index contributed by atoms with van der Waals surface area (Å²) in [7, 11) is 0. The van der Waals surface area contributed by atoms with Crippen molar-refractivity contribution >= 4 is 43.2 Å². The molecule has 0 aromatic carbocycles. The van der Waals surface area contributed by atoms with Gasteiger partial charge in [0.05, 0.1) is 7.57 Å². The van der Waals surface area contributed by atoms with Crippen LogP contribution in [-0.2, 0) is 0 Å². The van der Waals surface area contributed by atoms with Crippen molar-refractivity contribution in [2.24, 2.45) is 0 Å². The van der Waals surface area contributed by atoms with Crippen LogP contribution in [0.4, 0.5) is 22.0 Å². The van der Waals surface area contributed by atoms with Crippen molar-refractivity contribution in [3.63, 3.8) is 0 Å². The van der Waals surface area contributed by atoms with Gasteiger partial charge in [-0.05, 0) is 44.5 Å². The molecule has 0 aliphatic heterocycles. The smallest absolute Gasteiger partial charge is 0.305 e. The van der Waals surface area contributed by atoms with Crippen LogP contribution in [-0.4, -0.2) is 18.6 Å². The summed E-state index contributed by atoms with van der Waals surface area (Å²) in [5.41, 5.74) is -0.115. The molecule has 0 amide bonds. The van der Waals surface area contributed by atoms with Gasteiger partial charge in [0.25, 0.3) is 0 Å². The van der Waals surface area contributed by atoms with Gasteiger partial charge in [-0.3, -0.25) is 0 Å². The molecular formula is C9H8Br2F5NS. The van der Waals surface area contributed by atoms with Gasteiger partial charge in [-0.1, -0.05) is 6.92 Å². The molecule has 0 fully saturated rings. The molecule has 9 heteroatoms. The van der Waals surface area contributed by atoms with E-state index < -0.39 is 18.1 Å². The summed E-state index contributed by atoms with van der Waals surface area (Å²) in [5, 5.41) is 2.19. The molecule has 1 N–H and O–H groups in total. The van der Waals surface area contributed by atoms with Gasteiger partial charge in [-0.2, -0.15) is 22.0 Å². The average Bonchev–Trinajstić information content (AvgIpc) is 2.52. The summed E-state index contributed by atoms with van der Waals surface area (Å²) in [6, 6.07) is -0.860. The Labute approximate surface area is 121 Å². The summed E-state index contributed by atoms with van der Waals surface area (Å²) in [5.74, 6) is -4.84. The maximum absolute atomic E-state index is 13.4. The van der Waals surface area contributed by atoms with Crippen molar-refractivity contribution < 1.29 is 22.0 Å². The average molecular weight is 417 g/mol. The lowest BCUT2D eigenvalue weighted by atomic mass is 10.0. The Balaban J connectivity index is 3.22. The Hall–Kier alpha value is 0.270. The molecule has 1 aromatic rings. The monoisotopic (exact) mass is 415 g/mol. The zero-order chi connectivity index (χ0) is 14.1. The molecule has 104 valence electrons. The first-order valence-corrected chi connectivity index (χ1v) is 7.14. The summed E-state index contributed by atoms with van der Waals surface area (Å²) < 4.78 is 64.8. The van der Waals surface area contributed by atoms with Crippen LogP contribution in [0.5, 0.6) is 0 Å². The first kappa shape index (κ1) is 16.3. The highest BCUT2D eigenvalue weighted by molar-refractivity contribution is 9.12. The van der Waals surface area contributed by atoms with Crippen LogP contribution < -0.4 is 5.32 Å². The van der Waals surface area contributed by atoms with Crippen molar-refractivity contribution in [1.29, 1.82) is 0 Å². The van der Waals surface area contributed by atoms with Gasteiger partial charge in [0, 0.05) is 5.56 Å². The molecule has 1 nitrogen and oxygen atoms in total. The zero-order valence-electron chi connectivity index (χ0n) is 8.92. The molecule has 0 saturated heterocycles. The minimum absolute atomic E-state index is 0.00373. The third kappa shape index (κ3) is 3.23. The Morgan fingerprint density at radius 1 is 1.28 bits per heavy atom. The summed E-state index contributed by atoms with van der Waals surface area (Å²) in [4.78, 5) is 0. The van der Waals surface area contributed by atoms with Gasteiger partial charge in [0.2, 0.25) is 0 Å². The Kier molecular flexibility index (Phi) is 5.19. The molecule has 0 aliphatic rings. The van der Waals surface area contributed by atoms with Crippen LogP contribution in [0.3, 0.4) is 0 Å². The van der Waals surface area contributed by atoms with E-state index >= 15 is 0 Å². The molecule has 18 heavy (non-hydrogen) atoms. The highest BCUT2D eigenvalue weighted by Gasteiger charge is 2.63. The fraction of sp³-hybridized carbons (Fsp3) is 0.556. The van der Waals surface area contributed by atoms with E-state index in [1.807, 2.05) is 0 Å². The Morgan fingerprint density at radius 2 is 1.83 bits per heavy atom. The first-order valence-electron chi connectivity index (χ1n) is 4.74. The fourth-order valence-corrected chi connectivity index (χ4v) is 4.25. The predicted molar refractivity (Wildman–Crippen MR) is 67.1 cm³/mol. The van der Waals surface area contributed by atoms with Crippen LogP contribution in [0, 0.1) is 0 Å². The normalized spacial score (nSPS) is 14.9. The third-order valence-electron chi connectivity index (χ3n) is 2.14. The van der Waals surface area contributed by atoms with E-state index in [4.69, 9.17) is 0 Å². The highest BCUT2D eigenvalue weighted by atomic mass is 79.9. The van der Waals surface area contributed by atoms with Crippen LogP contribution in [0.15, 0.2) is 13.6 Å². The van der Waals surface area contributed by atoms with E-state index in [0.717, 1.165) is 11.3 Å². The minimum atomic E-state index is -5.60. The van der Waals surface area contributed by atoms with E-state index in [2.05, 4.69) is 37.2 Å². The van der Waals surface area contributed by atoms with Gasteiger partial charge < -0.3 is 5.32 Å². The molecule has 1 aromatic heterocycles. The lowest BCUT2D eigenvalue weighted by Gasteiger charge is -2.29. The lowest BCUT2D eigenvalue weighted by Crippen LogP contribution is -2.47. The van der Waals surface area contributed by atoms with Crippen LogP contribution in [0.2, 0.25) is 0 Å². The van der Waals surface area contributed by atoms with Gasteiger partial charge in [-0.25, -0.2) is 0 Å².